The van der Waals surface area contributed by atoms with Gasteiger partial charge in [-0.1, -0.05) is 6.07 Å². The van der Waals surface area contributed by atoms with E-state index in [0.29, 0.717) is 5.69 Å². The lowest BCUT2D eigenvalue weighted by Crippen LogP contribution is -2.41. The van der Waals surface area contributed by atoms with Crippen LogP contribution < -0.4 is 5.46 Å². The van der Waals surface area contributed by atoms with Crippen molar-refractivity contribution in [3.05, 3.63) is 24.0 Å². The molecule has 0 aliphatic carbocycles. The zero-order valence-electron chi connectivity index (χ0n) is 11.6. The van der Waals surface area contributed by atoms with E-state index in [9.17, 15) is 8.78 Å². The van der Waals surface area contributed by atoms with Crippen LogP contribution in [0.1, 0.15) is 33.4 Å². The molecule has 0 bridgehead atoms. The van der Waals surface area contributed by atoms with Gasteiger partial charge in [-0.2, -0.15) is 0 Å². The van der Waals surface area contributed by atoms with Crippen molar-refractivity contribution < 1.29 is 18.1 Å². The number of alkyl halides is 2. The average molecular weight is 269 g/mol. The molecule has 2 heterocycles. The fourth-order valence-corrected chi connectivity index (χ4v) is 1.83. The van der Waals surface area contributed by atoms with Gasteiger partial charge in [-0.3, -0.25) is 4.98 Å². The Morgan fingerprint density at radius 1 is 1.16 bits per heavy atom. The number of aromatic nitrogens is 1. The molecule has 0 amide bonds. The maximum atomic E-state index is 12.2. The summed E-state index contributed by atoms with van der Waals surface area (Å²) in [4.78, 5) is 4.02. The summed E-state index contributed by atoms with van der Waals surface area (Å²) in [5, 5.41) is 0. The molecule has 104 valence electrons. The Morgan fingerprint density at radius 2 is 1.74 bits per heavy atom. The van der Waals surface area contributed by atoms with Crippen LogP contribution in [-0.4, -0.2) is 29.7 Å². The van der Waals surface area contributed by atoms with E-state index in [1.54, 1.807) is 18.3 Å². The Kier molecular flexibility index (Phi) is 3.66. The second-order valence-electron chi connectivity index (χ2n) is 5.77. The number of nitrogens with zero attached hydrogens (tertiary/aromatic N) is 1. The predicted molar refractivity (Wildman–Crippen MR) is 69.7 cm³/mol. The lowest BCUT2D eigenvalue weighted by Gasteiger charge is -2.32. The monoisotopic (exact) mass is 269 g/mol. The molecule has 0 aromatic carbocycles. The van der Waals surface area contributed by atoms with Crippen molar-refractivity contribution in [1.82, 2.24) is 4.98 Å². The fourth-order valence-electron chi connectivity index (χ4n) is 1.83. The lowest BCUT2D eigenvalue weighted by atomic mass is 9.80. The van der Waals surface area contributed by atoms with Gasteiger partial charge in [0.25, 0.3) is 0 Å². The summed E-state index contributed by atoms with van der Waals surface area (Å²) in [5.74, 6) is 0. The molecular weight excluding hydrogens is 251 g/mol. The smallest absolute Gasteiger partial charge is 0.399 e. The van der Waals surface area contributed by atoms with Gasteiger partial charge in [-0.05, 0) is 33.8 Å². The van der Waals surface area contributed by atoms with Gasteiger partial charge in [0.15, 0.2) is 0 Å². The van der Waals surface area contributed by atoms with Gasteiger partial charge in [-0.15, -0.1) is 0 Å². The average Bonchev–Trinajstić information content (AvgIpc) is 2.48. The highest BCUT2D eigenvalue weighted by molar-refractivity contribution is 6.62. The molecule has 1 aliphatic rings. The fraction of sp³-hybridized carbons (Fsp3) is 0.615. The van der Waals surface area contributed by atoms with E-state index < -0.39 is 24.7 Å². The van der Waals surface area contributed by atoms with Crippen LogP contribution in [0.25, 0.3) is 0 Å². The zero-order chi connectivity index (χ0) is 14.3. The normalized spacial score (nSPS) is 21.1. The molecule has 1 fully saturated rings. The Balaban J connectivity index is 2.12. The van der Waals surface area contributed by atoms with E-state index >= 15 is 0 Å². The highest BCUT2D eigenvalue weighted by atomic mass is 19.3. The Bertz CT molecular complexity index is 432. The molecule has 19 heavy (non-hydrogen) atoms. The van der Waals surface area contributed by atoms with Gasteiger partial charge in [0.1, 0.15) is 0 Å². The first-order valence-electron chi connectivity index (χ1n) is 6.30. The summed E-state index contributed by atoms with van der Waals surface area (Å²) >= 11 is 0. The minimum absolute atomic E-state index is 0.330. The third-order valence-corrected chi connectivity index (χ3v) is 3.74. The van der Waals surface area contributed by atoms with Gasteiger partial charge in [0.2, 0.25) is 6.43 Å². The second-order valence-corrected chi connectivity index (χ2v) is 5.77. The molecule has 0 N–H and O–H groups in total. The van der Waals surface area contributed by atoms with Gasteiger partial charge >= 0.3 is 7.12 Å². The first kappa shape index (κ1) is 14.4. The van der Waals surface area contributed by atoms with E-state index in [4.69, 9.17) is 9.31 Å². The van der Waals surface area contributed by atoms with Crippen LogP contribution >= 0.6 is 0 Å². The molecule has 0 unspecified atom stereocenters. The van der Waals surface area contributed by atoms with Crippen molar-refractivity contribution in [2.45, 2.75) is 51.7 Å². The Hall–Kier alpha value is -1.01. The number of halogens is 2. The van der Waals surface area contributed by atoms with Crippen molar-refractivity contribution in [3.8, 4) is 0 Å². The van der Waals surface area contributed by atoms with Crippen molar-refractivity contribution in [3.63, 3.8) is 0 Å². The highest BCUT2D eigenvalue weighted by Crippen LogP contribution is 2.36. The summed E-state index contributed by atoms with van der Waals surface area (Å²) in [6, 6.07) is 3.32. The number of hydrogen-bond donors (Lipinski definition) is 0. The van der Waals surface area contributed by atoms with Gasteiger partial charge in [0.05, 0.1) is 17.6 Å². The largest absolute Gasteiger partial charge is 0.496 e. The van der Waals surface area contributed by atoms with Crippen LogP contribution in [0.15, 0.2) is 18.3 Å². The van der Waals surface area contributed by atoms with E-state index in [2.05, 4.69) is 4.98 Å². The summed E-state index contributed by atoms with van der Waals surface area (Å²) in [6.45, 7) is 7.86. The molecule has 0 spiro atoms. The van der Waals surface area contributed by atoms with Crippen molar-refractivity contribution in [1.29, 1.82) is 0 Å². The van der Waals surface area contributed by atoms with E-state index in [-0.39, 0.29) is 6.42 Å². The SMILES string of the molecule is CC1(C)OB(c2ccc(CC(F)F)nc2)OC1(C)C. The number of hydrogen-bond acceptors (Lipinski definition) is 3. The van der Waals surface area contributed by atoms with Crippen molar-refractivity contribution in [2.24, 2.45) is 0 Å². The van der Waals surface area contributed by atoms with Crippen molar-refractivity contribution in [2.75, 3.05) is 0 Å². The van der Waals surface area contributed by atoms with Crippen LogP contribution in [0, 0.1) is 0 Å². The lowest BCUT2D eigenvalue weighted by molar-refractivity contribution is 0.00578. The van der Waals surface area contributed by atoms with Gasteiger partial charge in [-0.25, -0.2) is 8.78 Å². The van der Waals surface area contributed by atoms with Gasteiger partial charge in [0, 0.05) is 17.4 Å². The van der Waals surface area contributed by atoms with Gasteiger partial charge < -0.3 is 9.31 Å². The van der Waals surface area contributed by atoms with Crippen molar-refractivity contribution >= 4 is 12.6 Å². The van der Waals surface area contributed by atoms with Crippen LogP contribution in [-0.2, 0) is 15.7 Å². The number of pyridine rings is 1. The third-order valence-electron chi connectivity index (χ3n) is 3.74. The third kappa shape index (κ3) is 2.95. The molecule has 0 radical (unpaired) electrons. The molecule has 1 aromatic rings. The number of rotatable bonds is 3. The topological polar surface area (TPSA) is 31.4 Å². The molecule has 2 rings (SSSR count). The van der Waals surface area contributed by atoms with E-state index in [1.807, 2.05) is 27.7 Å². The minimum Gasteiger partial charge on any atom is -0.399 e. The maximum Gasteiger partial charge on any atom is 0.496 e. The molecule has 1 aliphatic heterocycles. The van der Waals surface area contributed by atoms with Crippen LogP contribution in [0.5, 0.6) is 0 Å². The second kappa shape index (κ2) is 4.83. The Morgan fingerprint density at radius 3 is 2.16 bits per heavy atom. The summed E-state index contributed by atoms with van der Waals surface area (Å²) in [5.41, 5.74) is 0.283. The molecule has 1 saturated heterocycles. The molecule has 3 nitrogen and oxygen atoms in total. The molecular formula is C13H18BF2NO2. The Labute approximate surface area is 112 Å². The minimum atomic E-state index is -2.38. The predicted octanol–water partition coefficient (Wildman–Crippen LogP) is 2.19. The standard InChI is InChI=1S/C13H18BF2NO2/c1-12(2)13(3,4)19-14(18-12)9-5-6-10(17-8-9)7-11(15)16/h5-6,8,11H,7H2,1-4H3. The molecule has 0 saturated carbocycles. The van der Waals surface area contributed by atoms with E-state index in [1.165, 1.54) is 0 Å². The summed E-state index contributed by atoms with van der Waals surface area (Å²) in [7, 11) is -0.502. The van der Waals surface area contributed by atoms with Crippen LogP contribution in [0.2, 0.25) is 0 Å². The molecule has 1 aromatic heterocycles. The van der Waals surface area contributed by atoms with Crippen LogP contribution in [0.4, 0.5) is 8.78 Å². The highest BCUT2D eigenvalue weighted by Gasteiger charge is 2.51. The molecule has 0 atom stereocenters. The van der Waals surface area contributed by atoms with E-state index in [0.717, 1.165) is 5.46 Å². The quantitative estimate of drug-likeness (QED) is 0.788. The van der Waals surface area contributed by atoms with Crippen LogP contribution in [0.3, 0.4) is 0 Å². The first-order chi connectivity index (χ1) is 8.71. The maximum absolute atomic E-state index is 12.2. The first-order valence-corrected chi connectivity index (χ1v) is 6.30. The zero-order valence-corrected chi connectivity index (χ0v) is 11.6. The summed E-state index contributed by atoms with van der Waals surface area (Å²) in [6.07, 6.45) is -1.17. The summed E-state index contributed by atoms with van der Waals surface area (Å²) < 4.78 is 36.2. The molecule has 6 heteroatoms.